The predicted octanol–water partition coefficient (Wildman–Crippen LogP) is 3.60. The Morgan fingerprint density at radius 2 is 2.04 bits per heavy atom. The SMILES string of the molecule is C[C@@H]1C[C@H](C)n2nccc2N1C(=O)[C@@H]1SCCc2ccccc21. The first-order valence-corrected chi connectivity index (χ1v) is 9.27. The standard InChI is InChI=1S/C18H21N3OS/c1-12-11-13(2)21-16(7-9-19-21)20(12)18(22)17-15-6-4-3-5-14(15)8-10-23-17/h3-7,9,12-13,17H,8,10-11H2,1-2H3/t12-,13+,17-/m1/s1. The smallest absolute Gasteiger partial charge is 0.246 e. The molecule has 0 saturated heterocycles. The number of nitrogens with zero attached hydrogens (tertiary/aromatic N) is 3. The third-order valence-electron chi connectivity index (χ3n) is 4.89. The number of carbonyl (C=O) groups excluding carboxylic acids is 1. The maximum atomic E-state index is 13.4. The fourth-order valence-electron chi connectivity index (χ4n) is 3.82. The molecule has 0 fully saturated rings. The molecule has 3 heterocycles. The molecule has 1 aromatic heterocycles. The van der Waals surface area contributed by atoms with Gasteiger partial charge in [-0.2, -0.15) is 5.10 Å². The van der Waals surface area contributed by atoms with Crippen LogP contribution in [0.15, 0.2) is 36.5 Å². The quantitative estimate of drug-likeness (QED) is 0.803. The molecule has 2 aromatic rings. The second kappa shape index (κ2) is 5.71. The van der Waals surface area contributed by atoms with Gasteiger partial charge in [0, 0.05) is 12.1 Å². The van der Waals surface area contributed by atoms with E-state index in [1.807, 2.05) is 21.7 Å². The number of aryl methyl sites for hydroxylation is 1. The lowest BCUT2D eigenvalue weighted by atomic mass is 9.99. The highest BCUT2D eigenvalue weighted by atomic mass is 32.2. The van der Waals surface area contributed by atoms with Crippen LogP contribution in [-0.2, 0) is 11.2 Å². The van der Waals surface area contributed by atoms with Crippen molar-refractivity contribution in [3.05, 3.63) is 47.7 Å². The van der Waals surface area contributed by atoms with Crippen LogP contribution in [0.1, 0.15) is 42.7 Å². The van der Waals surface area contributed by atoms with E-state index in [0.29, 0.717) is 6.04 Å². The second-order valence-corrected chi connectivity index (χ2v) is 7.69. The molecule has 3 atom stereocenters. The first-order chi connectivity index (χ1) is 11.2. The number of hydrogen-bond donors (Lipinski definition) is 0. The van der Waals surface area contributed by atoms with Crippen LogP contribution < -0.4 is 4.90 Å². The Bertz CT molecular complexity index is 741. The van der Waals surface area contributed by atoms with Gasteiger partial charge in [-0.25, -0.2) is 4.68 Å². The van der Waals surface area contributed by atoms with Crippen LogP contribution >= 0.6 is 11.8 Å². The summed E-state index contributed by atoms with van der Waals surface area (Å²) < 4.78 is 1.98. The molecule has 4 rings (SSSR count). The van der Waals surface area contributed by atoms with Crippen molar-refractivity contribution in [3.8, 4) is 0 Å². The molecule has 1 amide bonds. The topological polar surface area (TPSA) is 38.1 Å². The summed E-state index contributed by atoms with van der Waals surface area (Å²) in [5.41, 5.74) is 2.50. The van der Waals surface area contributed by atoms with Gasteiger partial charge in [-0.15, -0.1) is 11.8 Å². The molecule has 1 aromatic carbocycles. The average molecular weight is 327 g/mol. The summed E-state index contributed by atoms with van der Waals surface area (Å²) in [5, 5.41) is 4.31. The van der Waals surface area contributed by atoms with Crippen LogP contribution in [0.25, 0.3) is 0 Å². The van der Waals surface area contributed by atoms with Gasteiger partial charge in [0.25, 0.3) is 0 Å². The van der Waals surface area contributed by atoms with Crippen molar-refractivity contribution in [1.29, 1.82) is 0 Å². The number of aromatic nitrogens is 2. The first-order valence-electron chi connectivity index (χ1n) is 8.23. The van der Waals surface area contributed by atoms with Gasteiger partial charge in [-0.05, 0) is 43.6 Å². The van der Waals surface area contributed by atoms with Crippen molar-refractivity contribution in [3.63, 3.8) is 0 Å². The van der Waals surface area contributed by atoms with E-state index in [4.69, 9.17) is 0 Å². The largest absolute Gasteiger partial charge is 0.293 e. The van der Waals surface area contributed by atoms with Crippen LogP contribution in [0.5, 0.6) is 0 Å². The van der Waals surface area contributed by atoms with Gasteiger partial charge in [-0.3, -0.25) is 9.69 Å². The van der Waals surface area contributed by atoms with Gasteiger partial charge in [0.05, 0.1) is 12.2 Å². The number of benzene rings is 1. The zero-order valence-corrected chi connectivity index (χ0v) is 14.3. The summed E-state index contributed by atoms with van der Waals surface area (Å²) in [7, 11) is 0. The molecule has 120 valence electrons. The zero-order valence-electron chi connectivity index (χ0n) is 13.5. The summed E-state index contributed by atoms with van der Waals surface area (Å²) in [6, 6.07) is 10.9. The Morgan fingerprint density at radius 1 is 1.22 bits per heavy atom. The predicted molar refractivity (Wildman–Crippen MR) is 93.8 cm³/mol. The van der Waals surface area contributed by atoms with Crippen molar-refractivity contribution in [1.82, 2.24) is 9.78 Å². The summed E-state index contributed by atoms with van der Waals surface area (Å²) in [6.45, 7) is 4.31. The number of anilines is 1. The van der Waals surface area contributed by atoms with Crippen LogP contribution in [0.2, 0.25) is 0 Å². The molecule has 0 spiro atoms. The maximum Gasteiger partial charge on any atom is 0.246 e. The molecule has 4 nitrogen and oxygen atoms in total. The van der Waals surface area contributed by atoms with Gasteiger partial charge in [-0.1, -0.05) is 24.3 Å². The Labute approximate surface area is 140 Å². The van der Waals surface area contributed by atoms with Gasteiger partial charge >= 0.3 is 0 Å². The fraction of sp³-hybridized carbons (Fsp3) is 0.444. The highest BCUT2D eigenvalue weighted by molar-refractivity contribution is 8.00. The van der Waals surface area contributed by atoms with Crippen molar-refractivity contribution in [2.75, 3.05) is 10.7 Å². The summed E-state index contributed by atoms with van der Waals surface area (Å²) >= 11 is 1.77. The van der Waals surface area contributed by atoms with Gasteiger partial charge in [0.15, 0.2) is 0 Å². The first kappa shape index (κ1) is 14.8. The van der Waals surface area contributed by atoms with Gasteiger partial charge in [0.2, 0.25) is 5.91 Å². The van der Waals surface area contributed by atoms with E-state index in [0.717, 1.165) is 24.4 Å². The molecule has 0 radical (unpaired) electrons. The Morgan fingerprint density at radius 3 is 2.91 bits per heavy atom. The highest BCUT2D eigenvalue weighted by Gasteiger charge is 2.38. The molecule has 0 bridgehead atoms. The molecular formula is C18H21N3OS. The molecule has 0 aliphatic carbocycles. The number of carbonyl (C=O) groups is 1. The Hall–Kier alpha value is -1.75. The lowest BCUT2D eigenvalue weighted by molar-refractivity contribution is -0.119. The van der Waals surface area contributed by atoms with E-state index >= 15 is 0 Å². The number of amides is 1. The van der Waals surface area contributed by atoms with E-state index in [-0.39, 0.29) is 17.2 Å². The van der Waals surface area contributed by atoms with Crippen molar-refractivity contribution >= 4 is 23.5 Å². The molecule has 2 aliphatic heterocycles. The van der Waals surface area contributed by atoms with Gasteiger partial charge in [0.1, 0.15) is 11.1 Å². The number of thioether (sulfide) groups is 1. The van der Waals surface area contributed by atoms with E-state index in [1.165, 1.54) is 11.1 Å². The van der Waals surface area contributed by atoms with Crippen molar-refractivity contribution < 1.29 is 4.79 Å². The average Bonchev–Trinajstić information content (AvgIpc) is 3.04. The number of fused-ring (bicyclic) bond motifs is 2. The normalized spacial score (nSPS) is 26.5. The molecule has 5 heteroatoms. The van der Waals surface area contributed by atoms with Crippen LogP contribution in [0.3, 0.4) is 0 Å². The number of hydrogen-bond acceptors (Lipinski definition) is 3. The third kappa shape index (κ3) is 2.38. The van der Waals surface area contributed by atoms with Crippen LogP contribution in [-0.4, -0.2) is 27.5 Å². The monoisotopic (exact) mass is 327 g/mol. The van der Waals surface area contributed by atoms with E-state index in [9.17, 15) is 4.79 Å². The molecule has 2 aliphatic rings. The molecule has 0 saturated carbocycles. The van der Waals surface area contributed by atoms with Crippen molar-refractivity contribution in [2.24, 2.45) is 0 Å². The molecular weight excluding hydrogens is 306 g/mol. The third-order valence-corrected chi connectivity index (χ3v) is 6.12. The zero-order chi connectivity index (χ0) is 16.0. The lowest BCUT2D eigenvalue weighted by Crippen LogP contribution is -2.47. The van der Waals surface area contributed by atoms with Crippen molar-refractivity contribution in [2.45, 2.75) is 44.0 Å². The summed E-state index contributed by atoms with van der Waals surface area (Å²) in [4.78, 5) is 15.3. The molecule has 0 N–H and O–H groups in total. The lowest BCUT2D eigenvalue weighted by Gasteiger charge is -2.39. The minimum atomic E-state index is -0.0980. The van der Waals surface area contributed by atoms with E-state index < -0.39 is 0 Å². The molecule has 23 heavy (non-hydrogen) atoms. The van der Waals surface area contributed by atoms with E-state index in [2.05, 4.69) is 37.1 Å². The number of rotatable bonds is 1. The highest BCUT2D eigenvalue weighted by Crippen LogP contribution is 2.41. The second-order valence-electron chi connectivity index (χ2n) is 6.48. The van der Waals surface area contributed by atoms with Gasteiger partial charge < -0.3 is 0 Å². The summed E-state index contributed by atoms with van der Waals surface area (Å²) in [6.07, 6.45) is 3.79. The van der Waals surface area contributed by atoms with Crippen LogP contribution in [0.4, 0.5) is 5.82 Å². The Balaban J connectivity index is 1.72. The van der Waals surface area contributed by atoms with Crippen LogP contribution in [0, 0.1) is 0 Å². The maximum absolute atomic E-state index is 13.4. The fourth-order valence-corrected chi connectivity index (χ4v) is 5.06. The molecule has 0 unspecified atom stereocenters. The van der Waals surface area contributed by atoms with E-state index in [1.54, 1.807) is 18.0 Å². The summed E-state index contributed by atoms with van der Waals surface area (Å²) in [5.74, 6) is 2.14. The minimum Gasteiger partial charge on any atom is -0.293 e. The Kier molecular flexibility index (Phi) is 3.68. The minimum absolute atomic E-state index is 0.0980.